The first kappa shape index (κ1) is 6.21. The Balaban J connectivity index is 2.67. The second-order valence-corrected chi connectivity index (χ2v) is 2.15. The van der Waals surface area contributed by atoms with Crippen molar-refractivity contribution < 1.29 is 4.52 Å². The van der Waals surface area contributed by atoms with Gasteiger partial charge in [0.25, 0.3) is 5.71 Å². The maximum absolute atomic E-state index is 4.68. The van der Waals surface area contributed by atoms with Gasteiger partial charge in [0.05, 0.1) is 5.69 Å². The van der Waals surface area contributed by atoms with Gasteiger partial charge in [0, 0.05) is 5.27 Å². The quantitative estimate of drug-likeness (QED) is 0.594. The molecule has 2 aromatic heterocycles. The average molecular weight is 150 g/mol. The molecule has 2 rings (SSSR count). The molecule has 5 nitrogen and oxygen atoms in total. The van der Waals surface area contributed by atoms with E-state index >= 15 is 0 Å². The summed E-state index contributed by atoms with van der Waals surface area (Å²) in [5.74, 6) is 0. The van der Waals surface area contributed by atoms with E-state index in [9.17, 15) is 0 Å². The predicted molar refractivity (Wildman–Crippen MR) is 36.8 cm³/mol. The minimum Gasteiger partial charge on any atom is -0.314 e. The third kappa shape index (κ3) is 0.938. The third-order valence-corrected chi connectivity index (χ3v) is 1.43. The summed E-state index contributed by atoms with van der Waals surface area (Å²) in [5, 5.41) is 14.7. The van der Waals surface area contributed by atoms with E-state index in [1.54, 1.807) is 0 Å². The Bertz CT molecular complexity index is 369. The van der Waals surface area contributed by atoms with Gasteiger partial charge in [0.15, 0.2) is 5.52 Å². The first-order valence-electron chi connectivity index (χ1n) is 3.35. The Kier molecular flexibility index (Phi) is 1.28. The molecule has 0 N–H and O–H groups in total. The Morgan fingerprint density at radius 2 is 2.27 bits per heavy atom. The lowest BCUT2D eigenvalue weighted by Crippen LogP contribution is -1.89. The molecule has 2 aromatic rings. The second kappa shape index (κ2) is 2.26. The van der Waals surface area contributed by atoms with E-state index < -0.39 is 0 Å². The standard InChI is InChI=1S/C6H6N4O/c1-2-4-3-5-6(9-7-4)11-10-8-5/h3H,2H2,1H3. The number of fused-ring (bicyclic) bond motifs is 1. The number of hydrogen-bond donors (Lipinski definition) is 0. The van der Waals surface area contributed by atoms with E-state index in [4.69, 9.17) is 0 Å². The summed E-state index contributed by atoms with van der Waals surface area (Å²) < 4.78 is 4.68. The van der Waals surface area contributed by atoms with Crippen LogP contribution in [0.5, 0.6) is 0 Å². The van der Waals surface area contributed by atoms with E-state index in [0.717, 1.165) is 12.1 Å². The minimum atomic E-state index is 0.391. The van der Waals surface area contributed by atoms with Gasteiger partial charge >= 0.3 is 0 Å². The van der Waals surface area contributed by atoms with Crippen molar-refractivity contribution in [2.75, 3.05) is 0 Å². The molecule has 0 atom stereocenters. The van der Waals surface area contributed by atoms with Gasteiger partial charge in [-0.15, -0.1) is 10.2 Å². The highest BCUT2D eigenvalue weighted by Crippen LogP contribution is 2.06. The Morgan fingerprint density at radius 3 is 3.09 bits per heavy atom. The van der Waals surface area contributed by atoms with Crippen molar-refractivity contribution in [3.63, 3.8) is 0 Å². The molecule has 0 fully saturated rings. The van der Waals surface area contributed by atoms with Crippen LogP contribution < -0.4 is 0 Å². The van der Waals surface area contributed by atoms with E-state index in [1.165, 1.54) is 0 Å². The van der Waals surface area contributed by atoms with Gasteiger partial charge in [0.2, 0.25) is 0 Å². The van der Waals surface area contributed by atoms with Gasteiger partial charge in [-0.2, -0.15) is 5.10 Å². The summed E-state index contributed by atoms with van der Waals surface area (Å²) >= 11 is 0. The summed E-state index contributed by atoms with van der Waals surface area (Å²) in [7, 11) is 0. The van der Waals surface area contributed by atoms with Crippen LogP contribution in [-0.4, -0.2) is 20.6 Å². The van der Waals surface area contributed by atoms with Crippen molar-refractivity contribution in [1.29, 1.82) is 0 Å². The molecule has 0 bridgehead atoms. The number of aryl methyl sites for hydroxylation is 1. The molecule has 0 saturated carbocycles. The van der Waals surface area contributed by atoms with E-state index in [0.29, 0.717) is 11.2 Å². The molecule has 11 heavy (non-hydrogen) atoms. The van der Waals surface area contributed by atoms with Crippen LogP contribution in [0.4, 0.5) is 0 Å². The highest BCUT2D eigenvalue weighted by molar-refractivity contribution is 5.65. The van der Waals surface area contributed by atoms with Gasteiger partial charge < -0.3 is 4.52 Å². The normalized spacial score (nSPS) is 10.6. The molecular formula is C6H6N4O. The molecule has 0 aromatic carbocycles. The van der Waals surface area contributed by atoms with E-state index in [2.05, 4.69) is 25.1 Å². The summed E-state index contributed by atoms with van der Waals surface area (Å²) in [6, 6.07) is 1.82. The van der Waals surface area contributed by atoms with Gasteiger partial charge in [-0.25, -0.2) is 0 Å². The zero-order chi connectivity index (χ0) is 7.68. The van der Waals surface area contributed by atoms with Crippen molar-refractivity contribution in [3.05, 3.63) is 11.8 Å². The predicted octanol–water partition coefficient (Wildman–Crippen LogP) is 0.575. The first-order chi connectivity index (χ1) is 5.40. The van der Waals surface area contributed by atoms with Crippen LogP contribution in [0.3, 0.4) is 0 Å². The summed E-state index contributed by atoms with van der Waals surface area (Å²) in [6.07, 6.45) is 0.843. The zero-order valence-corrected chi connectivity index (χ0v) is 5.98. The molecule has 0 aliphatic rings. The smallest absolute Gasteiger partial charge is 0.297 e. The van der Waals surface area contributed by atoms with Crippen molar-refractivity contribution in [2.45, 2.75) is 13.3 Å². The second-order valence-electron chi connectivity index (χ2n) is 2.15. The highest BCUT2D eigenvalue weighted by Gasteiger charge is 2.02. The molecule has 0 spiro atoms. The molecule has 0 aliphatic carbocycles. The molecule has 2 heterocycles. The maximum Gasteiger partial charge on any atom is 0.297 e. The van der Waals surface area contributed by atoms with Gasteiger partial charge in [-0.05, 0) is 12.5 Å². The summed E-state index contributed by atoms with van der Waals surface area (Å²) in [5.41, 5.74) is 1.95. The number of aromatic nitrogens is 4. The largest absolute Gasteiger partial charge is 0.314 e. The monoisotopic (exact) mass is 150 g/mol. The van der Waals surface area contributed by atoms with Crippen molar-refractivity contribution in [2.24, 2.45) is 0 Å². The third-order valence-electron chi connectivity index (χ3n) is 1.43. The van der Waals surface area contributed by atoms with Crippen LogP contribution in [0.1, 0.15) is 12.6 Å². The topological polar surface area (TPSA) is 64.7 Å². The van der Waals surface area contributed by atoms with E-state index in [1.807, 2.05) is 13.0 Å². The van der Waals surface area contributed by atoms with Crippen LogP contribution in [0.25, 0.3) is 11.2 Å². The molecule has 5 heteroatoms. The van der Waals surface area contributed by atoms with Crippen molar-refractivity contribution >= 4 is 11.2 Å². The van der Waals surface area contributed by atoms with Gasteiger partial charge in [0.1, 0.15) is 0 Å². The Hall–Kier alpha value is -1.52. The fourth-order valence-corrected chi connectivity index (χ4v) is 0.822. The fraction of sp³-hybridized carbons (Fsp3) is 0.333. The molecule has 56 valence electrons. The average Bonchev–Trinajstić information content (AvgIpc) is 2.50. The molecule has 0 saturated heterocycles. The Morgan fingerprint density at radius 1 is 1.36 bits per heavy atom. The molecular weight excluding hydrogens is 144 g/mol. The molecule has 0 radical (unpaired) electrons. The molecule has 0 aliphatic heterocycles. The summed E-state index contributed by atoms with van der Waals surface area (Å²) in [4.78, 5) is 0. The lowest BCUT2D eigenvalue weighted by Gasteiger charge is -1.88. The molecule has 0 amide bonds. The zero-order valence-electron chi connectivity index (χ0n) is 5.98. The number of rotatable bonds is 1. The minimum absolute atomic E-state index is 0.391. The van der Waals surface area contributed by atoms with Crippen LogP contribution in [0.15, 0.2) is 10.6 Å². The number of nitrogens with zero attached hydrogens (tertiary/aromatic N) is 4. The number of hydrogen-bond acceptors (Lipinski definition) is 5. The van der Waals surface area contributed by atoms with Gasteiger partial charge in [-0.1, -0.05) is 6.92 Å². The fourth-order valence-electron chi connectivity index (χ4n) is 0.822. The maximum atomic E-state index is 4.68. The van der Waals surface area contributed by atoms with Crippen LogP contribution >= 0.6 is 0 Å². The first-order valence-corrected chi connectivity index (χ1v) is 3.35. The van der Waals surface area contributed by atoms with Crippen LogP contribution in [-0.2, 0) is 6.42 Å². The van der Waals surface area contributed by atoms with Gasteiger partial charge in [-0.3, -0.25) is 0 Å². The lowest BCUT2D eigenvalue weighted by molar-refractivity contribution is 0.415. The van der Waals surface area contributed by atoms with Crippen LogP contribution in [0.2, 0.25) is 0 Å². The van der Waals surface area contributed by atoms with Crippen molar-refractivity contribution in [3.8, 4) is 0 Å². The summed E-state index contributed by atoms with van der Waals surface area (Å²) in [6.45, 7) is 2.00. The molecule has 0 unspecified atom stereocenters. The lowest BCUT2D eigenvalue weighted by atomic mass is 10.3. The van der Waals surface area contributed by atoms with Crippen LogP contribution in [0, 0.1) is 0 Å². The Labute approximate surface area is 62.4 Å². The van der Waals surface area contributed by atoms with E-state index in [-0.39, 0.29) is 0 Å². The van der Waals surface area contributed by atoms with Crippen molar-refractivity contribution in [1.82, 2.24) is 20.6 Å². The SMILES string of the molecule is CCc1cc2nnoc2nn1. The highest BCUT2D eigenvalue weighted by atomic mass is 16.5.